The Morgan fingerprint density at radius 2 is 2.39 bits per heavy atom. The van der Waals surface area contributed by atoms with Crippen molar-refractivity contribution in [3.05, 3.63) is 28.8 Å². The number of amides is 1. The van der Waals surface area contributed by atoms with E-state index in [1.165, 1.54) is 0 Å². The average molecular weight is 290 g/mol. The number of hydrogen-bond donors (Lipinski definition) is 1. The Morgan fingerprint density at radius 1 is 1.56 bits per heavy atom. The number of hydrogen-bond acceptors (Lipinski definition) is 3. The van der Waals surface area contributed by atoms with Gasteiger partial charge in [-0.3, -0.25) is 0 Å². The van der Waals surface area contributed by atoms with E-state index in [0.29, 0.717) is 18.1 Å². The van der Waals surface area contributed by atoms with E-state index < -0.39 is 6.09 Å². The monoisotopic (exact) mass is 289 g/mol. The molecule has 1 amide bonds. The van der Waals surface area contributed by atoms with Crippen LogP contribution in [0.4, 0.5) is 4.79 Å². The third-order valence-electron chi connectivity index (χ3n) is 2.61. The van der Waals surface area contributed by atoms with Crippen LogP contribution >= 0.6 is 23.2 Å². The Bertz CT molecular complexity index is 439. The number of ether oxygens (including phenoxy) is 2. The number of alkyl halides is 1. The molecule has 0 radical (unpaired) electrons. The van der Waals surface area contributed by atoms with Gasteiger partial charge >= 0.3 is 6.09 Å². The van der Waals surface area contributed by atoms with Gasteiger partial charge in [0.1, 0.15) is 12.4 Å². The van der Waals surface area contributed by atoms with Gasteiger partial charge in [0.05, 0.1) is 18.5 Å². The summed E-state index contributed by atoms with van der Waals surface area (Å²) >= 11 is 11.4. The number of fused-ring (bicyclic) bond motifs is 1. The van der Waals surface area contributed by atoms with Crippen LogP contribution in [0, 0.1) is 0 Å². The van der Waals surface area contributed by atoms with E-state index in [4.69, 9.17) is 32.7 Å². The summed E-state index contributed by atoms with van der Waals surface area (Å²) in [7, 11) is 0. The van der Waals surface area contributed by atoms with E-state index in [1.807, 2.05) is 0 Å². The van der Waals surface area contributed by atoms with Crippen molar-refractivity contribution in [3.63, 3.8) is 0 Å². The fourth-order valence-electron chi connectivity index (χ4n) is 1.83. The number of benzene rings is 1. The molecule has 0 aromatic heterocycles. The van der Waals surface area contributed by atoms with Crippen LogP contribution in [0.15, 0.2) is 18.2 Å². The topological polar surface area (TPSA) is 47.6 Å². The molecular formula is C12H13Cl2NO3. The number of halogens is 2. The number of carbonyl (C=O) groups is 1. The van der Waals surface area contributed by atoms with Gasteiger partial charge in [-0.2, -0.15) is 0 Å². The van der Waals surface area contributed by atoms with E-state index in [9.17, 15) is 4.79 Å². The van der Waals surface area contributed by atoms with Crippen LogP contribution in [0.2, 0.25) is 5.02 Å². The Labute approximate surface area is 115 Å². The van der Waals surface area contributed by atoms with Crippen molar-refractivity contribution in [2.24, 2.45) is 0 Å². The van der Waals surface area contributed by atoms with Crippen LogP contribution in [0.1, 0.15) is 18.0 Å². The SMILES string of the molecule is O=C(NC1CCOc2ccc(Cl)cc21)OCCCl. The minimum Gasteiger partial charge on any atom is -0.493 e. The van der Waals surface area contributed by atoms with Crippen molar-refractivity contribution < 1.29 is 14.3 Å². The van der Waals surface area contributed by atoms with Gasteiger partial charge in [0.15, 0.2) is 0 Å². The van der Waals surface area contributed by atoms with E-state index >= 15 is 0 Å². The van der Waals surface area contributed by atoms with Crippen molar-refractivity contribution >= 4 is 29.3 Å². The highest BCUT2D eigenvalue weighted by Crippen LogP contribution is 2.33. The molecule has 0 saturated heterocycles. The van der Waals surface area contributed by atoms with Crippen LogP contribution in [-0.4, -0.2) is 25.2 Å². The zero-order valence-electron chi connectivity index (χ0n) is 9.62. The first-order chi connectivity index (χ1) is 8.70. The Balaban J connectivity index is 2.07. The molecule has 98 valence electrons. The second-order valence-electron chi connectivity index (χ2n) is 3.84. The van der Waals surface area contributed by atoms with Gasteiger partial charge in [0.2, 0.25) is 0 Å². The maximum atomic E-state index is 11.5. The molecule has 2 rings (SSSR count). The summed E-state index contributed by atoms with van der Waals surface area (Å²) in [6.45, 7) is 0.744. The van der Waals surface area contributed by atoms with E-state index in [-0.39, 0.29) is 18.5 Å². The maximum Gasteiger partial charge on any atom is 0.407 e. The molecule has 0 bridgehead atoms. The molecule has 18 heavy (non-hydrogen) atoms. The van der Waals surface area contributed by atoms with Crippen molar-refractivity contribution in [1.29, 1.82) is 0 Å². The van der Waals surface area contributed by atoms with Gasteiger partial charge in [0.25, 0.3) is 0 Å². The third-order valence-corrected chi connectivity index (χ3v) is 3.00. The zero-order valence-corrected chi connectivity index (χ0v) is 11.1. The third kappa shape index (κ3) is 3.21. The summed E-state index contributed by atoms with van der Waals surface area (Å²) in [6.07, 6.45) is 0.206. The van der Waals surface area contributed by atoms with Gasteiger partial charge in [0, 0.05) is 17.0 Å². The lowest BCUT2D eigenvalue weighted by atomic mass is 10.0. The van der Waals surface area contributed by atoms with Crippen LogP contribution in [0.3, 0.4) is 0 Å². The summed E-state index contributed by atoms with van der Waals surface area (Å²) < 4.78 is 10.4. The van der Waals surface area contributed by atoms with Gasteiger partial charge in [-0.15, -0.1) is 11.6 Å². The molecule has 1 aromatic rings. The highest BCUT2D eigenvalue weighted by atomic mass is 35.5. The quantitative estimate of drug-likeness (QED) is 0.870. The van der Waals surface area contributed by atoms with Crippen molar-refractivity contribution in [2.75, 3.05) is 19.1 Å². The van der Waals surface area contributed by atoms with Crippen LogP contribution in [-0.2, 0) is 4.74 Å². The largest absolute Gasteiger partial charge is 0.493 e. The van der Waals surface area contributed by atoms with Crippen LogP contribution < -0.4 is 10.1 Å². The lowest BCUT2D eigenvalue weighted by molar-refractivity contribution is 0.144. The first-order valence-electron chi connectivity index (χ1n) is 5.62. The Kier molecular flexibility index (Phi) is 4.55. The number of rotatable bonds is 3. The summed E-state index contributed by atoms with van der Waals surface area (Å²) in [5, 5.41) is 3.39. The smallest absolute Gasteiger partial charge is 0.407 e. The molecule has 0 saturated carbocycles. The molecular weight excluding hydrogens is 277 g/mol. The van der Waals surface area contributed by atoms with Crippen molar-refractivity contribution in [2.45, 2.75) is 12.5 Å². The van der Waals surface area contributed by atoms with Gasteiger partial charge in [-0.05, 0) is 18.2 Å². The highest BCUT2D eigenvalue weighted by molar-refractivity contribution is 6.30. The minimum absolute atomic E-state index is 0.143. The van der Waals surface area contributed by atoms with E-state index in [0.717, 1.165) is 11.3 Å². The molecule has 0 aliphatic carbocycles. The number of carbonyl (C=O) groups excluding carboxylic acids is 1. The Morgan fingerprint density at radius 3 is 3.17 bits per heavy atom. The molecule has 1 aliphatic heterocycles. The standard InChI is InChI=1S/C12H13Cl2NO3/c13-4-6-18-12(16)15-10-3-5-17-11-2-1-8(14)7-9(10)11/h1-2,7,10H,3-6H2,(H,15,16). The fraction of sp³-hybridized carbons (Fsp3) is 0.417. The zero-order chi connectivity index (χ0) is 13.0. The van der Waals surface area contributed by atoms with Crippen molar-refractivity contribution in [3.8, 4) is 5.75 Å². The number of alkyl carbamates (subject to hydrolysis) is 1. The summed E-state index contributed by atoms with van der Waals surface area (Å²) in [6, 6.07) is 5.21. The lowest BCUT2D eigenvalue weighted by Gasteiger charge is -2.26. The fourth-order valence-corrected chi connectivity index (χ4v) is 2.09. The molecule has 1 N–H and O–H groups in total. The summed E-state index contributed by atoms with van der Waals surface area (Å²) in [4.78, 5) is 11.5. The second kappa shape index (κ2) is 6.16. The minimum atomic E-state index is -0.478. The molecule has 1 unspecified atom stereocenters. The molecule has 1 atom stereocenters. The molecule has 0 fully saturated rings. The number of nitrogens with one attached hydrogen (secondary N) is 1. The first-order valence-corrected chi connectivity index (χ1v) is 6.53. The predicted molar refractivity (Wildman–Crippen MR) is 69.5 cm³/mol. The first kappa shape index (κ1) is 13.3. The molecule has 4 nitrogen and oxygen atoms in total. The molecule has 6 heteroatoms. The maximum absolute atomic E-state index is 11.5. The van der Waals surface area contributed by atoms with Gasteiger partial charge in [-0.25, -0.2) is 4.79 Å². The molecule has 1 aliphatic rings. The predicted octanol–water partition coefficient (Wildman–Crippen LogP) is 3.13. The van der Waals surface area contributed by atoms with Gasteiger partial charge in [-0.1, -0.05) is 11.6 Å². The van der Waals surface area contributed by atoms with E-state index in [2.05, 4.69) is 5.32 Å². The van der Waals surface area contributed by atoms with E-state index in [1.54, 1.807) is 18.2 Å². The highest BCUT2D eigenvalue weighted by Gasteiger charge is 2.23. The Hall–Kier alpha value is -1.13. The summed E-state index contributed by atoms with van der Waals surface area (Å²) in [5.41, 5.74) is 0.872. The normalized spacial score (nSPS) is 17.6. The summed E-state index contributed by atoms with van der Waals surface area (Å²) in [5.74, 6) is 1.03. The van der Waals surface area contributed by atoms with Crippen LogP contribution in [0.25, 0.3) is 0 Å². The second-order valence-corrected chi connectivity index (χ2v) is 4.66. The van der Waals surface area contributed by atoms with Crippen LogP contribution in [0.5, 0.6) is 5.75 Å². The van der Waals surface area contributed by atoms with Crippen molar-refractivity contribution in [1.82, 2.24) is 5.32 Å². The molecule has 0 spiro atoms. The molecule has 1 heterocycles. The average Bonchev–Trinajstić information content (AvgIpc) is 2.37. The van der Waals surface area contributed by atoms with Gasteiger partial charge < -0.3 is 14.8 Å². The molecule has 1 aromatic carbocycles. The lowest BCUT2D eigenvalue weighted by Crippen LogP contribution is -2.32.